The molecule has 0 saturated carbocycles. The quantitative estimate of drug-likeness (QED) is 0.735. The van der Waals surface area contributed by atoms with Gasteiger partial charge in [-0.1, -0.05) is 30.3 Å². The largest absolute Gasteiger partial charge is 0.372 e. The molecule has 0 spiro atoms. The van der Waals surface area contributed by atoms with Crippen LogP contribution in [0.3, 0.4) is 0 Å². The molecule has 142 valence electrons. The molecule has 28 heavy (non-hydrogen) atoms. The van der Waals surface area contributed by atoms with E-state index in [0.717, 1.165) is 11.3 Å². The van der Waals surface area contributed by atoms with Crippen LogP contribution >= 0.6 is 0 Å². The number of carbonyl (C=O) groups is 2. The molecule has 0 atom stereocenters. The zero-order valence-electron chi connectivity index (χ0n) is 15.6. The van der Waals surface area contributed by atoms with Gasteiger partial charge in [0, 0.05) is 31.8 Å². The lowest BCUT2D eigenvalue weighted by Gasteiger charge is -2.18. The number of carbonyl (C=O) groups excluding carboxylic acids is 2. The highest BCUT2D eigenvalue weighted by molar-refractivity contribution is 6.06. The highest BCUT2D eigenvalue weighted by Gasteiger charge is 2.18. The van der Waals surface area contributed by atoms with Crippen LogP contribution in [-0.2, 0) is 11.3 Å². The van der Waals surface area contributed by atoms with Crippen molar-refractivity contribution in [3.63, 3.8) is 0 Å². The van der Waals surface area contributed by atoms with Crippen LogP contribution in [-0.4, -0.2) is 35.2 Å². The monoisotopic (exact) mass is 375 g/mol. The summed E-state index contributed by atoms with van der Waals surface area (Å²) in [6, 6.07) is 15.3. The van der Waals surface area contributed by atoms with Crippen molar-refractivity contribution in [2.24, 2.45) is 0 Å². The first-order valence-corrected chi connectivity index (χ1v) is 9.11. The second-order valence-corrected chi connectivity index (χ2v) is 6.82. The summed E-state index contributed by atoms with van der Waals surface area (Å²) < 4.78 is 1.77. The van der Waals surface area contributed by atoms with Gasteiger partial charge in [0.2, 0.25) is 5.91 Å². The number of hydrogen-bond donors (Lipinski definition) is 2. The molecule has 2 N–H and O–H groups in total. The van der Waals surface area contributed by atoms with Gasteiger partial charge in [-0.2, -0.15) is 5.10 Å². The van der Waals surface area contributed by atoms with Gasteiger partial charge < -0.3 is 15.5 Å². The van der Waals surface area contributed by atoms with Gasteiger partial charge in [0.05, 0.1) is 29.8 Å². The zero-order valence-corrected chi connectivity index (χ0v) is 15.6. The van der Waals surface area contributed by atoms with Gasteiger partial charge in [-0.15, -0.1) is 0 Å². The predicted octanol–water partition coefficient (Wildman–Crippen LogP) is 2.96. The van der Waals surface area contributed by atoms with Crippen LogP contribution < -0.4 is 15.5 Å². The maximum absolute atomic E-state index is 12.6. The number of benzene rings is 2. The number of aromatic nitrogens is 2. The third-order valence-corrected chi connectivity index (χ3v) is 4.70. The summed E-state index contributed by atoms with van der Waals surface area (Å²) in [6.45, 7) is 1.28. The van der Waals surface area contributed by atoms with E-state index in [-0.39, 0.29) is 11.8 Å². The third kappa shape index (κ3) is 3.88. The van der Waals surface area contributed by atoms with E-state index in [1.807, 2.05) is 48.3 Å². The molecule has 0 radical (unpaired) electrons. The number of hydrogen-bond acceptors (Lipinski definition) is 4. The second kappa shape index (κ2) is 7.56. The Labute approximate surface area is 163 Å². The standard InChI is InChI=1S/C21H21N5O2/c1-25-10-9-20(27)24-18-11-16(7-8-19(18)25)21(28)23-17-12-22-26(14-17)13-15-5-3-2-4-6-15/h2-8,11-12,14H,9-10,13H2,1H3,(H,23,28)(H,24,27). The van der Waals surface area contributed by atoms with Gasteiger partial charge in [0.15, 0.2) is 0 Å². The van der Waals surface area contributed by atoms with Crippen molar-refractivity contribution in [2.75, 3.05) is 29.1 Å². The van der Waals surface area contributed by atoms with Gasteiger partial charge >= 0.3 is 0 Å². The molecule has 2 aromatic carbocycles. The predicted molar refractivity (Wildman–Crippen MR) is 109 cm³/mol. The molecule has 1 aliphatic rings. The molecule has 0 fully saturated rings. The summed E-state index contributed by atoms with van der Waals surface area (Å²) in [5.74, 6) is -0.298. The molecule has 2 amide bonds. The molecule has 7 heteroatoms. The van der Waals surface area contributed by atoms with Crippen LogP contribution in [0.4, 0.5) is 17.1 Å². The summed E-state index contributed by atoms with van der Waals surface area (Å²) in [4.78, 5) is 26.5. The number of nitrogens with zero attached hydrogens (tertiary/aromatic N) is 3. The highest BCUT2D eigenvalue weighted by Crippen LogP contribution is 2.29. The molecule has 3 aromatic rings. The van der Waals surface area contributed by atoms with Crippen molar-refractivity contribution in [3.05, 3.63) is 72.1 Å². The molecule has 0 saturated heterocycles. The Hall–Kier alpha value is -3.61. The minimum absolute atomic E-state index is 0.0506. The highest BCUT2D eigenvalue weighted by atomic mass is 16.2. The number of anilines is 3. The summed E-state index contributed by atoms with van der Waals surface area (Å²) in [5.41, 5.74) is 3.78. The molecule has 2 heterocycles. The Bertz CT molecular complexity index is 1010. The molecule has 4 rings (SSSR count). The topological polar surface area (TPSA) is 79.3 Å². The molecule has 7 nitrogen and oxygen atoms in total. The van der Waals surface area contributed by atoms with Crippen LogP contribution in [0.25, 0.3) is 0 Å². The van der Waals surface area contributed by atoms with Crippen molar-refractivity contribution in [1.82, 2.24) is 9.78 Å². The maximum Gasteiger partial charge on any atom is 0.255 e. The Morgan fingerprint density at radius 1 is 1.21 bits per heavy atom. The van der Waals surface area contributed by atoms with Crippen LogP contribution in [0.5, 0.6) is 0 Å². The Kier molecular flexibility index (Phi) is 4.80. The van der Waals surface area contributed by atoms with E-state index in [2.05, 4.69) is 15.7 Å². The maximum atomic E-state index is 12.6. The van der Waals surface area contributed by atoms with E-state index in [4.69, 9.17) is 0 Å². The van der Waals surface area contributed by atoms with Crippen molar-refractivity contribution in [3.8, 4) is 0 Å². The first-order chi connectivity index (χ1) is 13.6. The van der Waals surface area contributed by atoms with Crippen molar-refractivity contribution >= 4 is 28.9 Å². The normalized spacial score (nSPS) is 13.5. The molecule has 0 unspecified atom stereocenters. The van der Waals surface area contributed by atoms with E-state index < -0.39 is 0 Å². The van der Waals surface area contributed by atoms with Crippen LogP contribution in [0.1, 0.15) is 22.3 Å². The van der Waals surface area contributed by atoms with E-state index in [9.17, 15) is 9.59 Å². The van der Waals surface area contributed by atoms with Crippen LogP contribution in [0, 0.1) is 0 Å². The number of rotatable bonds is 4. The summed E-state index contributed by atoms with van der Waals surface area (Å²) in [6.07, 6.45) is 3.84. The fourth-order valence-corrected chi connectivity index (χ4v) is 3.20. The first kappa shape index (κ1) is 17.8. The third-order valence-electron chi connectivity index (χ3n) is 4.70. The van der Waals surface area contributed by atoms with Crippen LogP contribution in [0.15, 0.2) is 60.9 Å². The minimum atomic E-state index is -0.247. The van der Waals surface area contributed by atoms with Gasteiger partial charge in [0.1, 0.15) is 0 Å². The molecular weight excluding hydrogens is 354 g/mol. The number of amides is 2. The fourth-order valence-electron chi connectivity index (χ4n) is 3.20. The molecule has 1 aliphatic heterocycles. The van der Waals surface area contributed by atoms with Crippen LogP contribution in [0.2, 0.25) is 0 Å². The van der Waals surface area contributed by atoms with E-state index in [0.29, 0.717) is 36.4 Å². The zero-order chi connectivity index (χ0) is 19.5. The summed E-state index contributed by atoms with van der Waals surface area (Å²) in [5, 5.41) is 10.0. The van der Waals surface area contributed by atoms with E-state index in [1.165, 1.54) is 0 Å². The average Bonchev–Trinajstić information content (AvgIpc) is 3.07. The Balaban J connectivity index is 1.48. The smallest absolute Gasteiger partial charge is 0.255 e. The minimum Gasteiger partial charge on any atom is -0.372 e. The first-order valence-electron chi connectivity index (χ1n) is 9.11. The van der Waals surface area contributed by atoms with Crippen molar-refractivity contribution < 1.29 is 9.59 Å². The Morgan fingerprint density at radius 2 is 2.04 bits per heavy atom. The van der Waals surface area contributed by atoms with Gasteiger partial charge in [-0.05, 0) is 23.8 Å². The van der Waals surface area contributed by atoms with E-state index >= 15 is 0 Å². The summed E-state index contributed by atoms with van der Waals surface area (Å²) >= 11 is 0. The lowest BCUT2D eigenvalue weighted by molar-refractivity contribution is -0.115. The second-order valence-electron chi connectivity index (χ2n) is 6.82. The fraction of sp³-hybridized carbons (Fsp3) is 0.190. The van der Waals surface area contributed by atoms with Crippen molar-refractivity contribution in [1.29, 1.82) is 0 Å². The molecule has 1 aromatic heterocycles. The number of fused-ring (bicyclic) bond motifs is 1. The summed E-state index contributed by atoms with van der Waals surface area (Å²) in [7, 11) is 1.93. The Morgan fingerprint density at radius 3 is 2.86 bits per heavy atom. The molecule has 0 aliphatic carbocycles. The lowest BCUT2D eigenvalue weighted by atomic mass is 10.1. The molecule has 0 bridgehead atoms. The van der Waals surface area contributed by atoms with Gasteiger partial charge in [-0.3, -0.25) is 14.3 Å². The van der Waals surface area contributed by atoms with E-state index in [1.54, 1.807) is 29.2 Å². The van der Waals surface area contributed by atoms with Gasteiger partial charge in [0.25, 0.3) is 5.91 Å². The lowest BCUT2D eigenvalue weighted by Crippen LogP contribution is -2.18. The van der Waals surface area contributed by atoms with Gasteiger partial charge in [-0.25, -0.2) is 0 Å². The number of nitrogens with one attached hydrogen (secondary N) is 2. The SMILES string of the molecule is CN1CCC(=O)Nc2cc(C(=O)Nc3cnn(Cc4ccccc4)c3)ccc21. The average molecular weight is 375 g/mol. The molecular formula is C21H21N5O2. The van der Waals surface area contributed by atoms with Crippen molar-refractivity contribution in [2.45, 2.75) is 13.0 Å².